The van der Waals surface area contributed by atoms with Crippen molar-refractivity contribution in [2.45, 2.75) is 19.4 Å². The number of ketones is 1. The number of hydrogen-bond donors (Lipinski definition) is 2. The largest absolute Gasteiger partial charge is 0.393 e. The van der Waals surface area contributed by atoms with Crippen LogP contribution in [0.2, 0.25) is 0 Å². The lowest BCUT2D eigenvalue weighted by Gasteiger charge is -2.05. The molecule has 0 radical (unpaired) electrons. The van der Waals surface area contributed by atoms with Gasteiger partial charge in [0, 0.05) is 5.56 Å². The summed E-state index contributed by atoms with van der Waals surface area (Å²) in [7, 11) is 0. The number of Topliss-reactive ketones (excluding diaryl/α,β-unsaturated/α-hetero) is 1. The summed E-state index contributed by atoms with van der Waals surface area (Å²) in [4.78, 5) is 11.3. The maximum Gasteiger partial charge on any atom is 0.176 e. The fourth-order valence-corrected chi connectivity index (χ4v) is 1.33. The van der Waals surface area contributed by atoms with E-state index in [1.54, 1.807) is 25.1 Å². The minimum absolute atomic E-state index is 0.0259. The molecule has 3 N–H and O–H groups in total. The highest BCUT2D eigenvalue weighted by Crippen LogP contribution is 2.08. The normalized spacial score (nSPS) is 12.5. The van der Waals surface area contributed by atoms with Gasteiger partial charge in [-0.25, -0.2) is 0 Å². The Kier molecular flexibility index (Phi) is 3.80. The average Bonchev–Trinajstić information content (AvgIpc) is 2.16. The molecule has 0 aliphatic carbocycles. The highest BCUT2D eigenvalue weighted by molar-refractivity contribution is 5.97. The highest BCUT2D eigenvalue weighted by Gasteiger charge is 2.05. The summed E-state index contributed by atoms with van der Waals surface area (Å²) in [6, 6.07) is 7.21. The molecule has 0 aromatic heterocycles. The first-order valence-corrected chi connectivity index (χ1v) is 4.63. The molecular formula is C11H15NO2. The van der Waals surface area contributed by atoms with E-state index in [9.17, 15) is 9.90 Å². The second-order valence-electron chi connectivity index (χ2n) is 3.38. The molecule has 1 rings (SSSR count). The summed E-state index contributed by atoms with van der Waals surface area (Å²) in [6.45, 7) is 1.75. The summed E-state index contributed by atoms with van der Waals surface area (Å²) >= 11 is 0. The van der Waals surface area contributed by atoms with Gasteiger partial charge >= 0.3 is 0 Å². The van der Waals surface area contributed by atoms with Crippen LogP contribution in [0.3, 0.4) is 0 Å². The van der Waals surface area contributed by atoms with Gasteiger partial charge in [0.1, 0.15) is 0 Å². The molecule has 0 heterocycles. The van der Waals surface area contributed by atoms with Gasteiger partial charge in [-0.3, -0.25) is 4.79 Å². The van der Waals surface area contributed by atoms with E-state index in [1.165, 1.54) is 0 Å². The van der Waals surface area contributed by atoms with Crippen LogP contribution in [-0.4, -0.2) is 23.5 Å². The summed E-state index contributed by atoms with van der Waals surface area (Å²) in [5, 5.41) is 9.18. The minimum Gasteiger partial charge on any atom is -0.393 e. The number of hydrogen-bond acceptors (Lipinski definition) is 3. The first-order valence-electron chi connectivity index (χ1n) is 4.63. The molecule has 1 atom stereocenters. The minimum atomic E-state index is -0.391. The van der Waals surface area contributed by atoms with E-state index in [4.69, 9.17) is 5.73 Å². The van der Waals surface area contributed by atoms with E-state index in [1.807, 2.05) is 6.07 Å². The lowest BCUT2D eigenvalue weighted by atomic mass is 10.0. The third kappa shape index (κ3) is 2.94. The van der Waals surface area contributed by atoms with Gasteiger partial charge in [0.25, 0.3) is 0 Å². The lowest BCUT2D eigenvalue weighted by Crippen LogP contribution is -2.14. The van der Waals surface area contributed by atoms with E-state index >= 15 is 0 Å². The molecule has 0 amide bonds. The Hall–Kier alpha value is -1.19. The smallest absolute Gasteiger partial charge is 0.176 e. The quantitative estimate of drug-likeness (QED) is 0.694. The third-order valence-corrected chi connectivity index (χ3v) is 1.97. The second kappa shape index (κ2) is 4.88. The van der Waals surface area contributed by atoms with Gasteiger partial charge in [-0.1, -0.05) is 18.2 Å². The number of carbonyl (C=O) groups excluding carboxylic acids is 1. The van der Waals surface area contributed by atoms with E-state index < -0.39 is 6.10 Å². The summed E-state index contributed by atoms with van der Waals surface area (Å²) in [5.41, 5.74) is 6.83. The Morgan fingerprint density at radius 3 is 2.86 bits per heavy atom. The number of carbonyl (C=O) groups is 1. The maximum absolute atomic E-state index is 11.3. The van der Waals surface area contributed by atoms with Gasteiger partial charge in [-0.15, -0.1) is 0 Å². The molecule has 0 aliphatic heterocycles. The molecule has 3 nitrogen and oxygen atoms in total. The highest BCUT2D eigenvalue weighted by atomic mass is 16.3. The van der Waals surface area contributed by atoms with Crippen LogP contribution in [0.5, 0.6) is 0 Å². The zero-order valence-corrected chi connectivity index (χ0v) is 8.23. The first kappa shape index (κ1) is 10.9. The van der Waals surface area contributed by atoms with Crippen LogP contribution in [0.25, 0.3) is 0 Å². The van der Waals surface area contributed by atoms with Crippen LogP contribution in [0.15, 0.2) is 24.3 Å². The van der Waals surface area contributed by atoms with Crippen molar-refractivity contribution in [2.75, 3.05) is 6.54 Å². The molecule has 0 saturated carbocycles. The molecule has 76 valence electrons. The van der Waals surface area contributed by atoms with Crippen molar-refractivity contribution in [3.8, 4) is 0 Å². The number of aliphatic hydroxyl groups excluding tert-OH is 1. The monoisotopic (exact) mass is 193 g/mol. The van der Waals surface area contributed by atoms with Gasteiger partial charge in [0.15, 0.2) is 5.78 Å². The summed E-state index contributed by atoms with van der Waals surface area (Å²) < 4.78 is 0. The van der Waals surface area contributed by atoms with Crippen LogP contribution in [0.4, 0.5) is 0 Å². The molecule has 3 heteroatoms. The summed E-state index contributed by atoms with van der Waals surface area (Å²) in [5.74, 6) is -0.0718. The van der Waals surface area contributed by atoms with Gasteiger partial charge in [-0.05, 0) is 25.0 Å². The Balaban J connectivity index is 2.84. The molecule has 1 unspecified atom stereocenters. The molecule has 14 heavy (non-hydrogen) atoms. The Labute approximate surface area is 83.6 Å². The van der Waals surface area contributed by atoms with Crippen molar-refractivity contribution in [3.63, 3.8) is 0 Å². The molecular weight excluding hydrogens is 178 g/mol. The van der Waals surface area contributed by atoms with Gasteiger partial charge in [-0.2, -0.15) is 0 Å². The first-order chi connectivity index (χ1) is 6.63. The summed E-state index contributed by atoms with van der Waals surface area (Å²) in [6.07, 6.45) is 0.171. The van der Waals surface area contributed by atoms with Crippen molar-refractivity contribution >= 4 is 5.78 Å². The Morgan fingerprint density at radius 2 is 2.29 bits per heavy atom. The fourth-order valence-electron chi connectivity index (χ4n) is 1.33. The van der Waals surface area contributed by atoms with Crippen molar-refractivity contribution in [3.05, 3.63) is 35.4 Å². The number of benzene rings is 1. The van der Waals surface area contributed by atoms with Crippen LogP contribution in [0.1, 0.15) is 22.8 Å². The zero-order chi connectivity index (χ0) is 10.6. The molecule has 0 bridgehead atoms. The van der Waals surface area contributed by atoms with Gasteiger partial charge in [0.2, 0.25) is 0 Å². The van der Waals surface area contributed by atoms with Gasteiger partial charge in [0.05, 0.1) is 12.6 Å². The molecule has 0 aliphatic rings. The maximum atomic E-state index is 11.3. The van der Waals surface area contributed by atoms with E-state index in [2.05, 4.69) is 0 Å². The van der Waals surface area contributed by atoms with E-state index in [0.29, 0.717) is 12.0 Å². The standard InChI is InChI=1S/C11H15NO2/c1-8(13)5-9-3-2-4-10(6-9)11(14)7-12/h2-4,6,8,13H,5,7,12H2,1H3. The molecule has 0 saturated heterocycles. The Morgan fingerprint density at radius 1 is 1.57 bits per heavy atom. The van der Waals surface area contributed by atoms with Crippen molar-refractivity contribution in [1.82, 2.24) is 0 Å². The number of aliphatic hydroxyl groups is 1. The Bertz CT molecular complexity index is 321. The van der Waals surface area contributed by atoms with Crippen LogP contribution in [0, 0.1) is 0 Å². The van der Waals surface area contributed by atoms with E-state index in [0.717, 1.165) is 5.56 Å². The third-order valence-electron chi connectivity index (χ3n) is 1.97. The predicted octanol–water partition coefficient (Wildman–Crippen LogP) is 0.751. The van der Waals surface area contributed by atoms with Crippen LogP contribution in [-0.2, 0) is 6.42 Å². The van der Waals surface area contributed by atoms with Gasteiger partial charge < -0.3 is 10.8 Å². The van der Waals surface area contributed by atoms with Crippen LogP contribution >= 0.6 is 0 Å². The topological polar surface area (TPSA) is 63.3 Å². The van der Waals surface area contributed by atoms with E-state index in [-0.39, 0.29) is 12.3 Å². The predicted molar refractivity (Wildman–Crippen MR) is 55.2 cm³/mol. The number of rotatable bonds is 4. The van der Waals surface area contributed by atoms with Crippen molar-refractivity contribution < 1.29 is 9.90 Å². The fraction of sp³-hybridized carbons (Fsp3) is 0.364. The van der Waals surface area contributed by atoms with Crippen molar-refractivity contribution in [1.29, 1.82) is 0 Å². The molecule has 0 spiro atoms. The van der Waals surface area contributed by atoms with Crippen molar-refractivity contribution in [2.24, 2.45) is 5.73 Å². The molecule has 1 aromatic carbocycles. The van der Waals surface area contributed by atoms with Crippen LogP contribution < -0.4 is 5.73 Å². The molecule has 1 aromatic rings. The second-order valence-corrected chi connectivity index (χ2v) is 3.38. The SMILES string of the molecule is CC(O)Cc1cccc(C(=O)CN)c1. The number of nitrogens with two attached hydrogens (primary N) is 1. The zero-order valence-electron chi connectivity index (χ0n) is 8.23. The molecule has 0 fully saturated rings. The lowest BCUT2D eigenvalue weighted by molar-refractivity contribution is 0.100. The average molecular weight is 193 g/mol.